The highest BCUT2D eigenvalue weighted by molar-refractivity contribution is 7.99. The number of ketones is 1. The van der Waals surface area contributed by atoms with Gasteiger partial charge in [0.05, 0.1) is 11.1 Å². The molecule has 1 aromatic carbocycles. The number of hydrogen-bond donors (Lipinski definition) is 1. The Morgan fingerprint density at radius 3 is 2.68 bits per heavy atom. The molecule has 3 aromatic rings. The van der Waals surface area contributed by atoms with E-state index in [1.165, 1.54) is 23.6 Å². The van der Waals surface area contributed by atoms with Crippen molar-refractivity contribution in [3.8, 4) is 0 Å². The Morgan fingerprint density at radius 1 is 1.26 bits per heavy atom. The number of rotatable bonds is 6. The monoisotopic (exact) mass is 456 g/mol. The maximum atomic E-state index is 13.2. The number of likely N-dealkylation sites (N-methyl/N-ethyl adjacent to an activating group) is 1. The van der Waals surface area contributed by atoms with Gasteiger partial charge in [-0.3, -0.25) is 19.0 Å². The van der Waals surface area contributed by atoms with E-state index in [4.69, 9.17) is 4.98 Å². The Morgan fingerprint density at radius 2 is 2.00 bits per heavy atom. The highest BCUT2D eigenvalue weighted by Crippen LogP contribution is 2.33. The van der Waals surface area contributed by atoms with Crippen LogP contribution in [0.1, 0.15) is 34.6 Å². The highest BCUT2D eigenvalue weighted by Gasteiger charge is 2.23. The van der Waals surface area contributed by atoms with Crippen molar-refractivity contribution in [2.24, 2.45) is 0 Å². The molecule has 1 amide bonds. The number of fused-ring (bicyclic) bond motifs is 3. The van der Waals surface area contributed by atoms with Crippen LogP contribution in [-0.2, 0) is 24.3 Å². The minimum atomic E-state index is -0.190. The average Bonchev–Trinajstić information content (AvgIpc) is 3.10. The number of aromatic nitrogens is 2. The predicted octanol–water partition coefficient (Wildman–Crippen LogP) is 3.40. The van der Waals surface area contributed by atoms with Gasteiger partial charge in [-0.05, 0) is 57.1 Å². The summed E-state index contributed by atoms with van der Waals surface area (Å²) in [5, 5.41) is 4.13. The first-order valence-electron chi connectivity index (χ1n) is 10.1. The minimum Gasteiger partial charge on any atom is -0.325 e. The summed E-state index contributed by atoms with van der Waals surface area (Å²) in [5.41, 5.74) is 2.35. The molecule has 31 heavy (non-hydrogen) atoms. The molecule has 1 aliphatic rings. The summed E-state index contributed by atoms with van der Waals surface area (Å²) in [6.07, 6.45) is 0.865. The first kappa shape index (κ1) is 21.7. The van der Waals surface area contributed by atoms with Gasteiger partial charge in [0.15, 0.2) is 10.9 Å². The second kappa shape index (κ2) is 8.94. The summed E-state index contributed by atoms with van der Waals surface area (Å²) in [7, 11) is 2.08. The van der Waals surface area contributed by atoms with E-state index >= 15 is 0 Å². The van der Waals surface area contributed by atoms with Gasteiger partial charge in [0.1, 0.15) is 4.83 Å². The number of carbonyl (C=O) groups is 2. The van der Waals surface area contributed by atoms with Gasteiger partial charge in [-0.1, -0.05) is 11.8 Å². The lowest BCUT2D eigenvalue weighted by atomic mass is 10.1. The van der Waals surface area contributed by atoms with Crippen LogP contribution < -0.4 is 10.9 Å². The second-order valence-electron chi connectivity index (χ2n) is 7.59. The Labute approximate surface area is 188 Å². The number of anilines is 1. The molecule has 0 saturated heterocycles. The molecule has 7 nitrogen and oxygen atoms in total. The van der Waals surface area contributed by atoms with Gasteiger partial charge in [0.25, 0.3) is 5.56 Å². The number of thiophene rings is 1. The molecule has 3 heterocycles. The van der Waals surface area contributed by atoms with E-state index in [-0.39, 0.29) is 23.0 Å². The van der Waals surface area contributed by atoms with E-state index in [2.05, 4.69) is 17.3 Å². The Balaban J connectivity index is 1.53. The van der Waals surface area contributed by atoms with Crippen LogP contribution in [0.15, 0.2) is 34.2 Å². The lowest BCUT2D eigenvalue weighted by molar-refractivity contribution is -0.113. The van der Waals surface area contributed by atoms with E-state index in [0.29, 0.717) is 23.0 Å². The molecular weight excluding hydrogens is 432 g/mol. The summed E-state index contributed by atoms with van der Waals surface area (Å²) in [4.78, 5) is 46.0. The van der Waals surface area contributed by atoms with Crippen molar-refractivity contribution >= 4 is 50.7 Å². The molecule has 0 radical (unpaired) electrons. The number of carbonyl (C=O) groups excluding carboxylic acids is 2. The molecule has 4 rings (SSSR count). The molecule has 1 N–H and O–H groups in total. The smallest absolute Gasteiger partial charge is 0.263 e. The molecule has 0 bridgehead atoms. The third kappa shape index (κ3) is 4.44. The number of nitrogens with zero attached hydrogens (tertiary/aromatic N) is 3. The lowest BCUT2D eigenvalue weighted by Gasteiger charge is -2.21. The first-order valence-corrected chi connectivity index (χ1v) is 11.9. The summed E-state index contributed by atoms with van der Waals surface area (Å²) in [6.45, 7) is 5.71. The van der Waals surface area contributed by atoms with E-state index < -0.39 is 0 Å². The van der Waals surface area contributed by atoms with Gasteiger partial charge in [0.2, 0.25) is 5.91 Å². The fraction of sp³-hybridized carbons (Fsp3) is 0.364. The van der Waals surface area contributed by atoms with Crippen molar-refractivity contribution in [1.29, 1.82) is 0 Å². The average molecular weight is 457 g/mol. The first-order chi connectivity index (χ1) is 14.9. The van der Waals surface area contributed by atoms with Crippen LogP contribution in [0.25, 0.3) is 10.2 Å². The maximum Gasteiger partial charge on any atom is 0.263 e. The maximum absolute atomic E-state index is 13.2. The van der Waals surface area contributed by atoms with Crippen LogP contribution in [-0.4, -0.2) is 45.5 Å². The zero-order chi connectivity index (χ0) is 22.1. The van der Waals surface area contributed by atoms with E-state index in [9.17, 15) is 14.4 Å². The molecule has 0 spiro atoms. The van der Waals surface area contributed by atoms with Crippen molar-refractivity contribution in [2.45, 2.75) is 38.5 Å². The van der Waals surface area contributed by atoms with Crippen LogP contribution in [0.5, 0.6) is 0 Å². The van der Waals surface area contributed by atoms with Gasteiger partial charge in [-0.2, -0.15) is 0 Å². The van der Waals surface area contributed by atoms with Crippen LogP contribution in [0.4, 0.5) is 5.69 Å². The number of nitrogens with one attached hydrogen (secondary N) is 1. The summed E-state index contributed by atoms with van der Waals surface area (Å²) < 4.78 is 1.66. The van der Waals surface area contributed by atoms with E-state index in [1.807, 2.05) is 6.92 Å². The fourth-order valence-corrected chi connectivity index (χ4v) is 5.89. The number of benzene rings is 1. The summed E-state index contributed by atoms with van der Waals surface area (Å²) in [6, 6.07) is 6.79. The van der Waals surface area contributed by atoms with Gasteiger partial charge in [-0.25, -0.2) is 4.98 Å². The zero-order valence-corrected chi connectivity index (χ0v) is 19.4. The topological polar surface area (TPSA) is 84.3 Å². The molecule has 0 saturated carbocycles. The second-order valence-corrected chi connectivity index (χ2v) is 9.61. The molecule has 9 heteroatoms. The Kier molecular flexibility index (Phi) is 6.27. The van der Waals surface area contributed by atoms with E-state index in [1.54, 1.807) is 40.2 Å². The van der Waals surface area contributed by atoms with Crippen LogP contribution >= 0.6 is 23.1 Å². The summed E-state index contributed by atoms with van der Waals surface area (Å²) in [5.74, 6) is -0.0701. The van der Waals surface area contributed by atoms with E-state index in [0.717, 1.165) is 35.3 Å². The highest BCUT2D eigenvalue weighted by atomic mass is 32.2. The van der Waals surface area contributed by atoms with Crippen LogP contribution in [0.3, 0.4) is 0 Å². The van der Waals surface area contributed by atoms with Crippen molar-refractivity contribution in [3.63, 3.8) is 0 Å². The van der Waals surface area contributed by atoms with Crippen molar-refractivity contribution in [3.05, 3.63) is 50.6 Å². The fourth-order valence-electron chi connectivity index (χ4n) is 3.69. The van der Waals surface area contributed by atoms with Crippen LogP contribution in [0.2, 0.25) is 0 Å². The van der Waals surface area contributed by atoms with Crippen molar-refractivity contribution in [2.75, 3.05) is 24.7 Å². The standard InChI is InChI=1S/C22H24N4O3S2/c1-4-26-21(29)19-16-9-10-25(3)11-17(16)31-20(19)24-22(26)30-12-18(28)23-15-7-5-14(6-8-15)13(2)27/h5-8H,4,9-12H2,1-3H3,(H,23,28). The Bertz CT molecular complexity index is 1210. The predicted molar refractivity (Wildman–Crippen MR) is 125 cm³/mol. The third-order valence-corrected chi connectivity index (χ3v) is 7.43. The normalized spacial score (nSPS) is 13.9. The number of thioether (sulfide) groups is 1. The third-order valence-electron chi connectivity index (χ3n) is 5.34. The molecule has 0 fully saturated rings. The van der Waals surface area contributed by atoms with Crippen LogP contribution in [0, 0.1) is 0 Å². The number of Topliss-reactive ketones (excluding diaryl/α,β-unsaturated/α-hetero) is 1. The Hall–Kier alpha value is -2.49. The largest absolute Gasteiger partial charge is 0.325 e. The molecule has 0 unspecified atom stereocenters. The minimum absolute atomic E-state index is 0.0164. The summed E-state index contributed by atoms with van der Waals surface area (Å²) >= 11 is 2.85. The van der Waals surface area contributed by atoms with Crippen molar-refractivity contribution < 1.29 is 9.59 Å². The van der Waals surface area contributed by atoms with Gasteiger partial charge < -0.3 is 10.2 Å². The van der Waals surface area contributed by atoms with Crippen molar-refractivity contribution in [1.82, 2.24) is 14.5 Å². The lowest BCUT2D eigenvalue weighted by Crippen LogP contribution is -2.27. The quantitative estimate of drug-likeness (QED) is 0.348. The molecule has 2 aromatic heterocycles. The van der Waals surface area contributed by atoms with Gasteiger partial charge in [-0.15, -0.1) is 11.3 Å². The number of amides is 1. The molecule has 162 valence electrons. The molecular formula is C22H24N4O3S2. The zero-order valence-electron chi connectivity index (χ0n) is 17.7. The molecule has 0 aliphatic carbocycles. The molecule has 0 atom stereocenters. The molecule has 1 aliphatic heterocycles. The number of hydrogen-bond acceptors (Lipinski definition) is 7. The van der Waals surface area contributed by atoms with Gasteiger partial charge in [0, 0.05) is 35.8 Å². The SMILES string of the molecule is CCn1c(SCC(=O)Nc2ccc(C(C)=O)cc2)nc2sc3c(c2c1=O)CCN(C)C3. The van der Waals surface area contributed by atoms with Gasteiger partial charge >= 0.3 is 0 Å².